The SMILES string of the molecule is O=S(=O)(O)Cc1ccc(N=Nc2cccc3ccccc23)c2ccccc12. The molecule has 0 aliphatic rings. The van der Waals surface area contributed by atoms with Crippen molar-refractivity contribution in [2.75, 3.05) is 0 Å². The number of azo groups is 1. The molecule has 27 heavy (non-hydrogen) atoms. The second-order valence-corrected chi connectivity index (χ2v) is 7.67. The van der Waals surface area contributed by atoms with Crippen LogP contribution in [-0.2, 0) is 15.9 Å². The molecule has 0 bridgehead atoms. The third-order valence-electron chi connectivity index (χ3n) is 4.36. The van der Waals surface area contributed by atoms with Crippen molar-refractivity contribution < 1.29 is 13.0 Å². The first-order valence-corrected chi connectivity index (χ1v) is 9.97. The maximum atomic E-state index is 11.3. The number of fused-ring (bicyclic) bond motifs is 2. The van der Waals surface area contributed by atoms with Crippen LogP contribution in [0.3, 0.4) is 0 Å². The van der Waals surface area contributed by atoms with E-state index in [1.807, 2.05) is 66.7 Å². The van der Waals surface area contributed by atoms with Gasteiger partial charge in [-0.2, -0.15) is 8.42 Å². The lowest BCUT2D eigenvalue weighted by Gasteiger charge is -2.07. The summed E-state index contributed by atoms with van der Waals surface area (Å²) in [7, 11) is -4.12. The van der Waals surface area contributed by atoms with Gasteiger partial charge in [-0.15, -0.1) is 10.2 Å². The molecule has 5 nitrogen and oxygen atoms in total. The van der Waals surface area contributed by atoms with Crippen LogP contribution in [-0.4, -0.2) is 13.0 Å². The molecule has 0 saturated heterocycles. The van der Waals surface area contributed by atoms with Crippen LogP contribution in [0.5, 0.6) is 0 Å². The van der Waals surface area contributed by atoms with Crippen molar-refractivity contribution in [1.82, 2.24) is 0 Å². The fraction of sp³-hybridized carbons (Fsp3) is 0.0476. The van der Waals surface area contributed by atoms with Crippen molar-refractivity contribution in [3.8, 4) is 0 Å². The Morgan fingerprint density at radius 1 is 0.667 bits per heavy atom. The predicted molar refractivity (Wildman–Crippen MR) is 107 cm³/mol. The molecule has 0 spiro atoms. The van der Waals surface area contributed by atoms with E-state index < -0.39 is 15.9 Å². The van der Waals surface area contributed by atoms with E-state index >= 15 is 0 Å². The summed E-state index contributed by atoms with van der Waals surface area (Å²) in [5, 5.41) is 12.4. The summed E-state index contributed by atoms with van der Waals surface area (Å²) >= 11 is 0. The van der Waals surface area contributed by atoms with Gasteiger partial charge in [-0.25, -0.2) is 0 Å². The molecule has 0 aliphatic carbocycles. The highest BCUT2D eigenvalue weighted by Gasteiger charge is 2.12. The smallest absolute Gasteiger partial charge is 0.269 e. The Morgan fingerprint density at radius 3 is 2.00 bits per heavy atom. The highest BCUT2D eigenvalue weighted by Crippen LogP contribution is 2.32. The molecule has 4 rings (SSSR count). The van der Waals surface area contributed by atoms with Gasteiger partial charge >= 0.3 is 0 Å². The third kappa shape index (κ3) is 3.72. The second-order valence-electron chi connectivity index (χ2n) is 6.21. The molecule has 1 N–H and O–H groups in total. The lowest BCUT2D eigenvalue weighted by Crippen LogP contribution is -2.02. The third-order valence-corrected chi connectivity index (χ3v) is 5.04. The van der Waals surface area contributed by atoms with Crippen molar-refractivity contribution in [3.05, 3.63) is 84.4 Å². The molecule has 0 aromatic heterocycles. The zero-order valence-corrected chi connectivity index (χ0v) is 15.1. The lowest BCUT2D eigenvalue weighted by molar-refractivity contribution is 0.482. The first kappa shape index (κ1) is 17.3. The molecule has 4 aromatic rings. The van der Waals surface area contributed by atoms with Crippen LogP contribution in [0.2, 0.25) is 0 Å². The average molecular weight is 376 g/mol. The monoisotopic (exact) mass is 376 g/mol. The normalized spacial score (nSPS) is 12.2. The molecular weight excluding hydrogens is 360 g/mol. The predicted octanol–water partition coefficient (Wildman–Crippen LogP) is 5.80. The Balaban J connectivity index is 1.81. The van der Waals surface area contributed by atoms with E-state index in [4.69, 9.17) is 0 Å². The number of rotatable bonds is 4. The van der Waals surface area contributed by atoms with Gasteiger partial charge in [-0.05, 0) is 28.5 Å². The van der Waals surface area contributed by atoms with E-state index in [2.05, 4.69) is 10.2 Å². The van der Waals surface area contributed by atoms with Crippen molar-refractivity contribution >= 4 is 43.0 Å². The van der Waals surface area contributed by atoms with Gasteiger partial charge in [0.05, 0.1) is 11.4 Å². The molecular formula is C21H16N2O3S. The number of benzene rings is 4. The number of hydrogen-bond donors (Lipinski definition) is 1. The van der Waals surface area contributed by atoms with Crippen LogP contribution >= 0.6 is 0 Å². The molecule has 0 saturated carbocycles. The quantitative estimate of drug-likeness (QED) is 0.361. The first-order valence-electron chi connectivity index (χ1n) is 8.36. The molecule has 0 aliphatic heterocycles. The maximum Gasteiger partial charge on any atom is 0.269 e. The molecule has 6 heteroatoms. The zero-order valence-electron chi connectivity index (χ0n) is 14.3. The Morgan fingerprint density at radius 2 is 1.26 bits per heavy atom. The van der Waals surface area contributed by atoms with E-state index in [1.54, 1.807) is 12.1 Å². The minimum Gasteiger partial charge on any atom is -0.285 e. The van der Waals surface area contributed by atoms with Gasteiger partial charge in [0, 0.05) is 10.8 Å². The summed E-state index contributed by atoms with van der Waals surface area (Å²) in [5.41, 5.74) is 1.93. The summed E-state index contributed by atoms with van der Waals surface area (Å²) < 4.78 is 31.7. The van der Waals surface area contributed by atoms with Gasteiger partial charge in [0.1, 0.15) is 5.75 Å². The van der Waals surface area contributed by atoms with E-state index in [9.17, 15) is 13.0 Å². The van der Waals surface area contributed by atoms with Crippen LogP contribution in [0.4, 0.5) is 11.4 Å². The molecule has 0 radical (unpaired) electrons. The Hall–Kier alpha value is -3.09. The van der Waals surface area contributed by atoms with Crippen molar-refractivity contribution in [2.45, 2.75) is 5.75 Å². The fourth-order valence-electron chi connectivity index (χ4n) is 3.16. The largest absolute Gasteiger partial charge is 0.285 e. The summed E-state index contributed by atoms with van der Waals surface area (Å²) in [5.74, 6) is -0.436. The van der Waals surface area contributed by atoms with E-state index in [-0.39, 0.29) is 0 Å². The van der Waals surface area contributed by atoms with E-state index in [1.165, 1.54) is 0 Å². The maximum absolute atomic E-state index is 11.3. The zero-order chi connectivity index (χ0) is 18.9. The summed E-state index contributed by atoms with van der Waals surface area (Å²) in [6.45, 7) is 0. The minimum atomic E-state index is -4.12. The average Bonchev–Trinajstić information content (AvgIpc) is 2.66. The topological polar surface area (TPSA) is 79.1 Å². The van der Waals surface area contributed by atoms with Gasteiger partial charge in [0.25, 0.3) is 10.1 Å². The summed E-state index contributed by atoms with van der Waals surface area (Å²) in [4.78, 5) is 0. The summed E-state index contributed by atoms with van der Waals surface area (Å²) in [6.07, 6.45) is 0. The fourth-order valence-corrected chi connectivity index (χ4v) is 3.80. The Kier molecular flexibility index (Phi) is 4.43. The first-order chi connectivity index (χ1) is 13.0. The number of hydrogen-bond acceptors (Lipinski definition) is 4. The van der Waals surface area contributed by atoms with Crippen LogP contribution < -0.4 is 0 Å². The van der Waals surface area contributed by atoms with Crippen molar-refractivity contribution in [1.29, 1.82) is 0 Å². The van der Waals surface area contributed by atoms with Crippen LogP contribution in [0.15, 0.2) is 89.1 Å². The molecule has 0 fully saturated rings. The van der Waals surface area contributed by atoms with E-state index in [0.717, 1.165) is 27.2 Å². The lowest BCUT2D eigenvalue weighted by atomic mass is 10.0. The van der Waals surface area contributed by atoms with Crippen LogP contribution in [0, 0.1) is 0 Å². The standard InChI is InChI=1S/C21H16N2O3S/c24-27(25,26)14-16-12-13-21(19-10-4-3-8-17(16)19)23-22-20-11-5-7-15-6-1-2-9-18(15)20/h1-13H,14H2,(H,24,25,26). The van der Waals surface area contributed by atoms with Crippen LogP contribution in [0.1, 0.15) is 5.56 Å². The van der Waals surface area contributed by atoms with E-state index in [0.29, 0.717) is 11.3 Å². The molecule has 0 heterocycles. The van der Waals surface area contributed by atoms with Gasteiger partial charge < -0.3 is 0 Å². The number of nitrogens with zero attached hydrogens (tertiary/aromatic N) is 2. The highest BCUT2D eigenvalue weighted by atomic mass is 32.2. The Bertz CT molecular complexity index is 1280. The Labute approximate surface area is 156 Å². The van der Waals surface area contributed by atoms with Crippen molar-refractivity contribution in [2.24, 2.45) is 10.2 Å². The molecule has 4 aromatic carbocycles. The molecule has 0 amide bonds. The summed E-state index contributed by atoms with van der Waals surface area (Å²) in [6, 6.07) is 24.5. The molecule has 0 atom stereocenters. The highest BCUT2D eigenvalue weighted by molar-refractivity contribution is 7.85. The van der Waals surface area contributed by atoms with Gasteiger partial charge in [-0.1, -0.05) is 66.7 Å². The van der Waals surface area contributed by atoms with Crippen molar-refractivity contribution in [3.63, 3.8) is 0 Å². The van der Waals surface area contributed by atoms with Gasteiger partial charge in [-0.3, -0.25) is 4.55 Å². The molecule has 0 unspecified atom stereocenters. The van der Waals surface area contributed by atoms with Crippen LogP contribution in [0.25, 0.3) is 21.5 Å². The molecule has 134 valence electrons. The second kappa shape index (κ2) is 6.90. The van der Waals surface area contributed by atoms with Gasteiger partial charge in [0.2, 0.25) is 0 Å². The minimum absolute atomic E-state index is 0.436. The van der Waals surface area contributed by atoms with Gasteiger partial charge in [0.15, 0.2) is 0 Å².